The van der Waals surface area contributed by atoms with Gasteiger partial charge in [-0.25, -0.2) is 5.26 Å². The van der Waals surface area contributed by atoms with Gasteiger partial charge in [0.2, 0.25) is 17.8 Å². The number of aliphatic hydroxyl groups is 1. The van der Waals surface area contributed by atoms with Crippen LogP contribution in [-0.2, 0) is 9.37 Å². The summed E-state index contributed by atoms with van der Waals surface area (Å²) in [6.45, 7) is 10.4. The summed E-state index contributed by atoms with van der Waals surface area (Å²) in [4.78, 5) is 16.2. The smallest absolute Gasteiger partial charge is 0.233 e. The zero-order chi connectivity index (χ0) is 34.3. The molecule has 4 rings (SSSR count). The third-order valence-electron chi connectivity index (χ3n) is 6.97. The van der Waals surface area contributed by atoms with E-state index in [0.717, 1.165) is 26.1 Å². The number of nitrogens with one attached hydrogen (secondary N) is 3. The molecule has 48 heavy (non-hydrogen) atoms. The molecule has 0 radical (unpaired) electrons. The Morgan fingerprint density at radius 2 is 1.71 bits per heavy atom. The highest BCUT2D eigenvalue weighted by molar-refractivity contribution is 7.94. The Hall–Kier alpha value is -4.36. The van der Waals surface area contributed by atoms with Gasteiger partial charge < -0.3 is 41.5 Å². The number of phenols is 1. The van der Waals surface area contributed by atoms with Gasteiger partial charge in [0.15, 0.2) is 5.75 Å². The summed E-state index contributed by atoms with van der Waals surface area (Å²) < 4.78 is 10.0. The number of nitrogens with zero attached hydrogens (tertiary/aromatic N) is 6. The van der Waals surface area contributed by atoms with Crippen molar-refractivity contribution >= 4 is 57.7 Å². The largest absolute Gasteiger partial charge is 0.505 e. The van der Waals surface area contributed by atoms with Crippen molar-refractivity contribution in [2.75, 3.05) is 61.9 Å². The third kappa shape index (κ3) is 10.8. The first kappa shape index (κ1) is 36.5. The number of aromatic nitrogens is 3. The number of ether oxygens (including phenoxy) is 1. The average molecular weight is 683 g/mol. The summed E-state index contributed by atoms with van der Waals surface area (Å²) >= 11 is 0.645. The highest BCUT2D eigenvalue weighted by Crippen LogP contribution is 2.44. The number of aliphatic hydroxyl groups excluding tert-OH is 1. The SMILES string of the molecule is CCN(CC)CCCNc1nc(NCC(C)N)nc(Nc2ccc3c(O)c(N=Nc4ccc(OCCO)cc4)c(SOOO)cc3c2)n1. The predicted molar refractivity (Wildman–Crippen MR) is 186 cm³/mol. The minimum absolute atomic E-state index is 0.0963. The monoisotopic (exact) mass is 682 g/mol. The molecule has 0 saturated heterocycles. The molecule has 16 nitrogen and oxygen atoms in total. The summed E-state index contributed by atoms with van der Waals surface area (Å²) in [5.74, 6) is 1.50. The second-order valence-corrected chi connectivity index (χ2v) is 11.3. The van der Waals surface area contributed by atoms with Crippen LogP contribution in [-0.4, -0.2) is 87.3 Å². The van der Waals surface area contributed by atoms with Gasteiger partial charge >= 0.3 is 0 Å². The zero-order valence-electron chi connectivity index (χ0n) is 27.1. The summed E-state index contributed by atoms with van der Waals surface area (Å²) in [5, 5.41) is 52.0. The lowest BCUT2D eigenvalue weighted by Gasteiger charge is -2.18. The summed E-state index contributed by atoms with van der Waals surface area (Å²) in [6.07, 6.45) is 0.923. The number of hydrogen-bond donors (Lipinski definition) is 7. The molecule has 258 valence electrons. The molecule has 17 heteroatoms. The number of phenolic OH excluding ortho intramolecular Hbond substituents is 1. The molecule has 0 fully saturated rings. The van der Waals surface area contributed by atoms with Gasteiger partial charge in [-0.05, 0) is 86.9 Å². The number of nitrogens with two attached hydrogens (primary N) is 1. The molecule has 0 aliphatic heterocycles. The van der Waals surface area contributed by atoms with Crippen LogP contribution in [0, 0.1) is 0 Å². The lowest BCUT2D eigenvalue weighted by atomic mass is 10.1. The van der Waals surface area contributed by atoms with Crippen LogP contribution in [0.1, 0.15) is 27.2 Å². The van der Waals surface area contributed by atoms with E-state index >= 15 is 0 Å². The number of hydrogen-bond acceptors (Lipinski definition) is 17. The van der Waals surface area contributed by atoms with Crippen molar-refractivity contribution in [1.82, 2.24) is 19.9 Å². The first-order valence-electron chi connectivity index (χ1n) is 15.5. The average Bonchev–Trinajstić information content (AvgIpc) is 3.09. The fourth-order valence-electron chi connectivity index (χ4n) is 4.54. The Morgan fingerprint density at radius 3 is 2.40 bits per heavy atom. The molecule has 1 aromatic heterocycles. The van der Waals surface area contributed by atoms with Crippen LogP contribution < -0.4 is 26.4 Å². The van der Waals surface area contributed by atoms with Crippen molar-refractivity contribution in [2.45, 2.75) is 38.1 Å². The van der Waals surface area contributed by atoms with Gasteiger partial charge in [-0.15, -0.1) is 9.45 Å². The van der Waals surface area contributed by atoms with Gasteiger partial charge in [0.1, 0.15) is 18.0 Å². The van der Waals surface area contributed by atoms with Crippen molar-refractivity contribution in [3.8, 4) is 11.5 Å². The molecule has 0 saturated carbocycles. The highest BCUT2D eigenvalue weighted by atomic mass is 32.2. The van der Waals surface area contributed by atoms with E-state index in [1.54, 1.807) is 48.5 Å². The molecule has 1 unspecified atom stereocenters. The number of aromatic hydroxyl groups is 1. The highest BCUT2D eigenvalue weighted by Gasteiger charge is 2.16. The maximum atomic E-state index is 11.2. The maximum Gasteiger partial charge on any atom is 0.233 e. The van der Waals surface area contributed by atoms with Crippen LogP contribution in [0.2, 0.25) is 0 Å². The quantitative estimate of drug-likeness (QED) is 0.0199. The molecule has 0 bridgehead atoms. The van der Waals surface area contributed by atoms with E-state index in [-0.39, 0.29) is 30.7 Å². The Bertz CT molecular complexity index is 1630. The van der Waals surface area contributed by atoms with Crippen molar-refractivity contribution in [2.24, 2.45) is 16.0 Å². The molecular formula is C31H42N10O6S. The van der Waals surface area contributed by atoms with Crippen LogP contribution in [0.3, 0.4) is 0 Å². The van der Waals surface area contributed by atoms with Crippen LogP contribution in [0.25, 0.3) is 10.8 Å². The number of azo groups is 1. The summed E-state index contributed by atoms with van der Waals surface area (Å²) in [5.41, 5.74) is 7.16. The number of benzene rings is 3. The third-order valence-corrected chi connectivity index (χ3v) is 7.59. The fraction of sp³-hybridized carbons (Fsp3) is 0.387. The Morgan fingerprint density at radius 1 is 0.979 bits per heavy atom. The van der Waals surface area contributed by atoms with E-state index in [1.807, 2.05) is 6.92 Å². The molecule has 0 aliphatic rings. The fourth-order valence-corrected chi connectivity index (χ4v) is 5.03. The first-order chi connectivity index (χ1) is 23.3. The topological polar surface area (TPSA) is 217 Å². The summed E-state index contributed by atoms with van der Waals surface area (Å²) in [7, 11) is 0. The normalized spacial score (nSPS) is 12.1. The Balaban J connectivity index is 1.58. The van der Waals surface area contributed by atoms with Gasteiger partial charge in [0.05, 0.1) is 29.2 Å². The van der Waals surface area contributed by atoms with Gasteiger partial charge in [0.25, 0.3) is 0 Å². The number of fused-ring (bicyclic) bond motifs is 1. The Labute approximate surface area is 282 Å². The van der Waals surface area contributed by atoms with Crippen molar-refractivity contribution in [1.29, 1.82) is 0 Å². The zero-order valence-corrected chi connectivity index (χ0v) is 27.9. The van der Waals surface area contributed by atoms with E-state index in [0.29, 0.717) is 75.8 Å². The van der Waals surface area contributed by atoms with E-state index in [2.05, 4.69) is 69.3 Å². The van der Waals surface area contributed by atoms with Gasteiger partial charge in [-0.2, -0.15) is 20.1 Å². The molecule has 0 amide bonds. The molecule has 8 N–H and O–H groups in total. The van der Waals surface area contributed by atoms with Gasteiger partial charge in [0, 0.05) is 30.2 Å². The minimum atomic E-state index is -0.159. The number of anilines is 4. The molecule has 0 aliphatic carbocycles. The summed E-state index contributed by atoms with van der Waals surface area (Å²) in [6, 6.07) is 13.6. The molecule has 3 aromatic carbocycles. The predicted octanol–water partition coefficient (Wildman–Crippen LogP) is 5.59. The molecule has 1 atom stereocenters. The van der Waals surface area contributed by atoms with E-state index in [4.69, 9.17) is 20.8 Å². The van der Waals surface area contributed by atoms with Gasteiger partial charge in [-0.3, -0.25) is 0 Å². The van der Waals surface area contributed by atoms with Crippen molar-refractivity contribution in [3.63, 3.8) is 0 Å². The molecule has 0 spiro atoms. The van der Waals surface area contributed by atoms with E-state index in [9.17, 15) is 5.11 Å². The maximum absolute atomic E-state index is 11.2. The van der Waals surface area contributed by atoms with Crippen LogP contribution in [0.5, 0.6) is 11.5 Å². The van der Waals surface area contributed by atoms with Crippen LogP contribution >= 0.6 is 12.0 Å². The molecule has 4 aromatic rings. The minimum Gasteiger partial charge on any atom is -0.505 e. The van der Waals surface area contributed by atoms with Crippen LogP contribution in [0.15, 0.2) is 63.7 Å². The number of rotatable bonds is 20. The van der Waals surface area contributed by atoms with Gasteiger partial charge in [-0.1, -0.05) is 18.9 Å². The van der Waals surface area contributed by atoms with Crippen molar-refractivity contribution in [3.05, 3.63) is 48.5 Å². The first-order valence-corrected chi connectivity index (χ1v) is 16.3. The molecule has 1 heterocycles. The van der Waals surface area contributed by atoms with E-state index < -0.39 is 0 Å². The lowest BCUT2D eigenvalue weighted by Crippen LogP contribution is -2.26. The van der Waals surface area contributed by atoms with Crippen molar-refractivity contribution < 1.29 is 29.6 Å². The standard InChI is InChI=1S/C31H42N10O6S/c1-4-41(5-2)14-6-13-33-29-36-30(34-19-20(3)32)38-31(37-29)35-23-9-12-25-21(17-23)18-26(48-47-46-44)27(28(25)43)40-39-22-7-10-24(11-8-22)45-16-15-42/h7-12,17-18,20,42-44H,4-6,13-16,19,32H2,1-3H3,(H3,33,34,35,36,37,38). The second-order valence-electron chi connectivity index (χ2n) is 10.6. The second kappa shape index (κ2) is 18.8. The molecular weight excluding hydrogens is 640 g/mol. The van der Waals surface area contributed by atoms with E-state index in [1.165, 1.54) is 0 Å². The Kier molecular flexibility index (Phi) is 14.3. The lowest BCUT2D eigenvalue weighted by molar-refractivity contribution is -0.432. The van der Waals surface area contributed by atoms with Crippen LogP contribution in [0.4, 0.5) is 34.9 Å².